The van der Waals surface area contributed by atoms with Crippen LogP contribution in [0.5, 0.6) is 5.88 Å². The molecule has 1 aliphatic heterocycles. The molecule has 0 unspecified atom stereocenters. The second kappa shape index (κ2) is 17.0. The maximum atomic E-state index is 15.5. The lowest BCUT2D eigenvalue weighted by Gasteiger charge is -2.35. The number of benzene rings is 1. The molecule has 2 aromatic rings. The SMILES string of the molecule is CCC(=O)N[C@H](Cc1ccc(NC(=O)[C@@H](NC(=O)C(F)(F)c2ccc(OC)nc2)[C@@H](C)C2CCCCC2)c(F)c1)C(=O)N1CCN(C)CC1. The molecule has 0 bridgehead atoms. The fourth-order valence-corrected chi connectivity index (χ4v) is 6.39. The van der Waals surface area contributed by atoms with Crippen molar-refractivity contribution in [2.45, 2.75) is 76.8 Å². The van der Waals surface area contributed by atoms with E-state index in [1.807, 2.05) is 7.05 Å². The molecule has 3 N–H and O–H groups in total. The molecule has 2 heterocycles. The zero-order valence-electron chi connectivity index (χ0n) is 28.6. The van der Waals surface area contributed by atoms with Crippen molar-refractivity contribution in [2.75, 3.05) is 45.7 Å². The molecule has 4 amide bonds. The molecule has 1 aliphatic carbocycles. The lowest BCUT2D eigenvalue weighted by atomic mass is 9.77. The van der Waals surface area contributed by atoms with Crippen LogP contribution in [0.15, 0.2) is 36.5 Å². The molecule has 2 aliphatic rings. The summed E-state index contributed by atoms with van der Waals surface area (Å²) in [7, 11) is 3.29. The van der Waals surface area contributed by atoms with Crippen molar-refractivity contribution < 1.29 is 37.1 Å². The van der Waals surface area contributed by atoms with Crippen LogP contribution in [0.1, 0.15) is 63.5 Å². The number of nitrogens with zero attached hydrogens (tertiary/aromatic N) is 3. The van der Waals surface area contributed by atoms with Crippen molar-refractivity contribution in [3.63, 3.8) is 0 Å². The monoisotopic (exact) mass is 688 g/mol. The van der Waals surface area contributed by atoms with E-state index >= 15 is 13.2 Å². The van der Waals surface area contributed by atoms with Gasteiger partial charge >= 0.3 is 5.92 Å². The highest BCUT2D eigenvalue weighted by Gasteiger charge is 2.45. The van der Waals surface area contributed by atoms with Crippen molar-refractivity contribution >= 4 is 29.3 Å². The lowest BCUT2D eigenvalue weighted by molar-refractivity contribution is -0.149. The van der Waals surface area contributed by atoms with Crippen molar-refractivity contribution in [3.05, 3.63) is 53.5 Å². The second-order valence-electron chi connectivity index (χ2n) is 13.0. The summed E-state index contributed by atoms with van der Waals surface area (Å²) < 4.78 is 51.0. The number of rotatable bonds is 13. The highest BCUT2D eigenvalue weighted by atomic mass is 19.3. The molecule has 14 heteroatoms. The number of halogens is 3. The molecule has 0 radical (unpaired) electrons. The minimum atomic E-state index is -4.01. The number of carbonyl (C=O) groups is 4. The number of hydrogen-bond donors (Lipinski definition) is 3. The summed E-state index contributed by atoms with van der Waals surface area (Å²) in [6, 6.07) is 3.96. The number of piperazine rings is 1. The number of aromatic nitrogens is 1. The van der Waals surface area contributed by atoms with Crippen molar-refractivity contribution in [2.24, 2.45) is 11.8 Å². The maximum Gasteiger partial charge on any atom is 0.351 e. The minimum absolute atomic E-state index is 0.0126. The number of ether oxygens (including phenoxy) is 1. The van der Waals surface area contributed by atoms with E-state index in [2.05, 4.69) is 25.8 Å². The van der Waals surface area contributed by atoms with Gasteiger partial charge in [0.1, 0.15) is 17.9 Å². The van der Waals surface area contributed by atoms with Gasteiger partial charge in [0, 0.05) is 56.8 Å². The third kappa shape index (κ3) is 9.71. The summed E-state index contributed by atoms with van der Waals surface area (Å²) in [5, 5.41) is 7.50. The number of pyridine rings is 1. The van der Waals surface area contributed by atoms with E-state index in [1.54, 1.807) is 18.7 Å². The first-order valence-electron chi connectivity index (χ1n) is 16.9. The predicted octanol–water partition coefficient (Wildman–Crippen LogP) is 3.87. The van der Waals surface area contributed by atoms with Gasteiger partial charge in [-0.05, 0) is 42.6 Å². The molecule has 1 saturated heterocycles. The summed E-state index contributed by atoms with van der Waals surface area (Å²) in [4.78, 5) is 59.9. The fourth-order valence-electron chi connectivity index (χ4n) is 6.39. The molecule has 49 heavy (non-hydrogen) atoms. The Balaban J connectivity index is 1.51. The van der Waals surface area contributed by atoms with Gasteiger partial charge in [-0.25, -0.2) is 9.37 Å². The minimum Gasteiger partial charge on any atom is -0.481 e. The second-order valence-corrected chi connectivity index (χ2v) is 13.0. The summed E-state index contributed by atoms with van der Waals surface area (Å²) in [6.07, 6.45) is 5.43. The highest BCUT2D eigenvalue weighted by molar-refractivity contribution is 5.98. The normalized spacial score (nSPS) is 17.8. The first-order valence-corrected chi connectivity index (χ1v) is 16.9. The Morgan fingerprint density at radius 1 is 1.02 bits per heavy atom. The van der Waals surface area contributed by atoms with E-state index in [9.17, 15) is 19.2 Å². The van der Waals surface area contributed by atoms with Gasteiger partial charge in [0.15, 0.2) is 0 Å². The first-order chi connectivity index (χ1) is 23.3. The van der Waals surface area contributed by atoms with Crippen LogP contribution in [0.25, 0.3) is 0 Å². The van der Waals surface area contributed by atoms with Crippen LogP contribution in [-0.4, -0.2) is 90.8 Å². The Morgan fingerprint density at radius 3 is 2.31 bits per heavy atom. The van der Waals surface area contributed by atoms with E-state index in [4.69, 9.17) is 4.74 Å². The van der Waals surface area contributed by atoms with E-state index in [0.717, 1.165) is 44.4 Å². The van der Waals surface area contributed by atoms with E-state index in [-0.39, 0.29) is 42.1 Å². The van der Waals surface area contributed by atoms with Crippen LogP contribution >= 0.6 is 0 Å². The number of alkyl halides is 2. The largest absolute Gasteiger partial charge is 0.481 e. The summed E-state index contributed by atoms with van der Waals surface area (Å²) in [5.41, 5.74) is -0.474. The first kappa shape index (κ1) is 37.6. The van der Waals surface area contributed by atoms with Gasteiger partial charge in [0.05, 0.1) is 12.8 Å². The number of anilines is 1. The molecular formula is C35H47F3N6O5. The quantitative estimate of drug-likeness (QED) is 0.291. The molecule has 2 fully saturated rings. The van der Waals surface area contributed by atoms with Gasteiger partial charge < -0.3 is 30.5 Å². The zero-order valence-corrected chi connectivity index (χ0v) is 28.6. The van der Waals surface area contributed by atoms with Crippen molar-refractivity contribution in [1.29, 1.82) is 0 Å². The summed E-state index contributed by atoms with van der Waals surface area (Å²) in [5.74, 6) is -8.36. The number of likely N-dealkylation sites (N-methyl/N-ethyl adjacent to an activating group) is 1. The van der Waals surface area contributed by atoms with Gasteiger partial charge in [-0.2, -0.15) is 8.78 Å². The standard InChI is InChI=1S/C35H47F3N6O5/c1-5-29(45)40-28(33(47)44-17-15-43(3)16-18-44)20-23-11-13-27(26(36)19-23)41-32(46)31(22(2)24-9-7-6-8-10-24)42-34(48)35(37,38)25-12-14-30(49-4)39-21-25/h11-14,19,21-22,24,28,31H,5-10,15-18,20H2,1-4H3,(H,40,45)(H,41,46)(H,42,48)/t22-,28+,31-/m0/s1. The van der Waals surface area contributed by atoms with Crippen LogP contribution in [0.2, 0.25) is 0 Å². The topological polar surface area (TPSA) is 133 Å². The Morgan fingerprint density at radius 2 is 1.71 bits per heavy atom. The molecule has 1 aromatic carbocycles. The van der Waals surface area contributed by atoms with Crippen LogP contribution in [0.3, 0.4) is 0 Å². The molecular weight excluding hydrogens is 641 g/mol. The number of hydrogen-bond acceptors (Lipinski definition) is 7. The molecule has 4 rings (SSSR count). The van der Waals surface area contributed by atoms with Crippen LogP contribution in [0.4, 0.5) is 18.9 Å². The molecule has 11 nitrogen and oxygen atoms in total. The van der Waals surface area contributed by atoms with Gasteiger partial charge in [0.25, 0.3) is 5.91 Å². The maximum absolute atomic E-state index is 15.5. The predicted molar refractivity (Wildman–Crippen MR) is 177 cm³/mol. The van der Waals surface area contributed by atoms with Gasteiger partial charge in [-0.1, -0.05) is 52.0 Å². The van der Waals surface area contributed by atoms with E-state index < -0.39 is 47.1 Å². The van der Waals surface area contributed by atoms with Crippen molar-refractivity contribution in [3.8, 4) is 5.88 Å². The smallest absolute Gasteiger partial charge is 0.351 e. The third-order valence-electron chi connectivity index (χ3n) is 9.58. The van der Waals surface area contributed by atoms with Crippen molar-refractivity contribution in [1.82, 2.24) is 25.4 Å². The Labute approximate surface area is 285 Å². The molecule has 3 atom stereocenters. The number of amides is 4. The average molecular weight is 689 g/mol. The fraction of sp³-hybridized carbons (Fsp3) is 0.571. The van der Waals surface area contributed by atoms with Gasteiger partial charge in [0.2, 0.25) is 23.6 Å². The zero-order chi connectivity index (χ0) is 35.7. The Hall–Kier alpha value is -4.20. The summed E-state index contributed by atoms with van der Waals surface area (Å²) in [6.45, 7) is 5.81. The molecule has 1 saturated carbocycles. The average Bonchev–Trinajstić information content (AvgIpc) is 3.11. The number of methoxy groups -OCH3 is 1. The van der Waals surface area contributed by atoms with Gasteiger partial charge in [-0.3, -0.25) is 19.2 Å². The molecule has 1 aromatic heterocycles. The third-order valence-corrected chi connectivity index (χ3v) is 9.58. The number of nitrogens with one attached hydrogen (secondary N) is 3. The Kier molecular flexibility index (Phi) is 13.0. The number of carbonyl (C=O) groups excluding carboxylic acids is 4. The highest BCUT2D eigenvalue weighted by Crippen LogP contribution is 2.34. The van der Waals surface area contributed by atoms with Gasteiger partial charge in [-0.15, -0.1) is 0 Å². The van der Waals surface area contributed by atoms with Crippen LogP contribution in [-0.2, 0) is 31.5 Å². The Bertz CT molecular complexity index is 1460. The summed E-state index contributed by atoms with van der Waals surface area (Å²) >= 11 is 0. The van der Waals surface area contributed by atoms with E-state index in [1.165, 1.54) is 31.4 Å². The van der Waals surface area contributed by atoms with Crippen LogP contribution < -0.4 is 20.7 Å². The van der Waals surface area contributed by atoms with Crippen LogP contribution in [0, 0.1) is 17.7 Å². The molecule has 268 valence electrons. The molecule has 0 spiro atoms. The lowest BCUT2D eigenvalue weighted by Crippen LogP contribution is -2.54. The van der Waals surface area contributed by atoms with E-state index in [0.29, 0.717) is 31.7 Å².